The van der Waals surface area contributed by atoms with E-state index in [1.165, 1.54) is 13.2 Å². The Labute approximate surface area is 163 Å². The highest BCUT2D eigenvalue weighted by Gasteiger charge is 2.56. The highest BCUT2D eigenvalue weighted by molar-refractivity contribution is 7.91. The normalized spacial score (nSPS) is 28.1. The zero-order chi connectivity index (χ0) is 18.9. The number of sulfonamides is 1. The van der Waals surface area contributed by atoms with Crippen LogP contribution in [0.2, 0.25) is 4.34 Å². The molecule has 1 heterocycles. The first-order chi connectivity index (χ1) is 12.3. The van der Waals surface area contributed by atoms with E-state index in [-0.39, 0.29) is 22.3 Å². The van der Waals surface area contributed by atoms with Gasteiger partial charge in [0.05, 0.1) is 17.0 Å². The Morgan fingerprint density at radius 3 is 2.81 bits per heavy atom. The Morgan fingerprint density at radius 2 is 2.19 bits per heavy atom. The summed E-state index contributed by atoms with van der Waals surface area (Å²) in [5.74, 6) is 0.234. The molecule has 0 saturated heterocycles. The van der Waals surface area contributed by atoms with Crippen molar-refractivity contribution in [3.63, 3.8) is 0 Å². The molecule has 0 aliphatic heterocycles. The average Bonchev–Trinajstić information content (AvgIpc) is 3.11. The third-order valence-electron chi connectivity index (χ3n) is 5.66. The molecule has 2 saturated carbocycles. The predicted molar refractivity (Wildman–Crippen MR) is 102 cm³/mol. The zero-order valence-electron chi connectivity index (χ0n) is 15.0. The fourth-order valence-electron chi connectivity index (χ4n) is 4.60. The molecule has 0 spiro atoms. The summed E-state index contributed by atoms with van der Waals surface area (Å²) < 4.78 is 34.4. The molecule has 2 fully saturated rings. The van der Waals surface area contributed by atoms with Crippen LogP contribution in [0.5, 0.6) is 0 Å². The molecule has 9 heteroatoms. The Kier molecular flexibility index (Phi) is 5.86. The Hall–Kier alpha value is -0.830. The highest BCUT2D eigenvalue weighted by atomic mass is 35.5. The van der Waals surface area contributed by atoms with Crippen molar-refractivity contribution in [1.29, 1.82) is 0 Å². The molecular weight excluding hydrogens is 396 g/mol. The average molecular weight is 421 g/mol. The SMILES string of the molecule is CCCN(C(=O)OC)[C@@]12CCC[C@@H](CC1)[C@@H]2NS(=O)(=O)c1ccc(Cl)s1. The molecule has 1 amide bonds. The van der Waals surface area contributed by atoms with E-state index in [9.17, 15) is 13.2 Å². The third kappa shape index (κ3) is 3.48. The molecule has 26 heavy (non-hydrogen) atoms. The van der Waals surface area contributed by atoms with Gasteiger partial charge in [-0.25, -0.2) is 17.9 Å². The monoisotopic (exact) mass is 420 g/mol. The quantitative estimate of drug-likeness (QED) is 0.758. The van der Waals surface area contributed by atoms with Crippen molar-refractivity contribution in [3.8, 4) is 0 Å². The van der Waals surface area contributed by atoms with Crippen molar-refractivity contribution in [2.45, 2.75) is 61.2 Å². The Bertz CT molecular complexity index is 763. The summed E-state index contributed by atoms with van der Waals surface area (Å²) in [4.78, 5) is 14.2. The second-order valence-electron chi connectivity index (χ2n) is 7.07. The minimum atomic E-state index is -3.68. The summed E-state index contributed by atoms with van der Waals surface area (Å²) >= 11 is 6.96. The molecule has 146 valence electrons. The molecule has 2 aliphatic carbocycles. The lowest BCUT2D eigenvalue weighted by molar-refractivity contribution is 0.0322. The van der Waals surface area contributed by atoms with E-state index in [1.54, 1.807) is 11.0 Å². The van der Waals surface area contributed by atoms with Crippen LogP contribution in [0.25, 0.3) is 0 Å². The molecule has 1 aromatic heterocycles. The van der Waals surface area contributed by atoms with Crippen LogP contribution < -0.4 is 4.72 Å². The molecular formula is C17H25ClN2O4S2. The maximum absolute atomic E-state index is 12.9. The summed E-state index contributed by atoms with van der Waals surface area (Å²) in [5, 5.41) is 0. The van der Waals surface area contributed by atoms with E-state index in [0.29, 0.717) is 10.9 Å². The molecule has 3 rings (SSSR count). The van der Waals surface area contributed by atoms with Crippen molar-refractivity contribution in [1.82, 2.24) is 9.62 Å². The number of rotatable bonds is 6. The zero-order valence-corrected chi connectivity index (χ0v) is 17.4. The van der Waals surface area contributed by atoms with Crippen LogP contribution in [0, 0.1) is 5.92 Å². The molecule has 6 nitrogen and oxygen atoms in total. The fourth-order valence-corrected chi connectivity index (χ4v) is 7.47. The number of nitrogens with one attached hydrogen (secondary N) is 1. The van der Waals surface area contributed by atoms with Gasteiger partial charge < -0.3 is 9.64 Å². The van der Waals surface area contributed by atoms with Crippen LogP contribution in [-0.2, 0) is 14.8 Å². The van der Waals surface area contributed by atoms with Crippen molar-refractivity contribution in [2.75, 3.05) is 13.7 Å². The Morgan fingerprint density at radius 1 is 1.42 bits per heavy atom. The highest BCUT2D eigenvalue weighted by Crippen LogP contribution is 2.49. The van der Waals surface area contributed by atoms with Crippen molar-refractivity contribution in [3.05, 3.63) is 16.5 Å². The summed E-state index contributed by atoms with van der Waals surface area (Å²) in [6.07, 6.45) is 4.88. The lowest BCUT2D eigenvalue weighted by Crippen LogP contribution is -2.64. The summed E-state index contributed by atoms with van der Waals surface area (Å²) in [6, 6.07) is 2.81. The number of fused-ring (bicyclic) bond motifs is 2. The number of hydrogen-bond donors (Lipinski definition) is 1. The number of amides is 1. The third-order valence-corrected chi connectivity index (χ3v) is 8.82. The van der Waals surface area contributed by atoms with E-state index >= 15 is 0 Å². The van der Waals surface area contributed by atoms with Crippen LogP contribution in [0.3, 0.4) is 0 Å². The maximum atomic E-state index is 12.9. The van der Waals surface area contributed by atoms with Gasteiger partial charge >= 0.3 is 6.09 Å². The molecule has 0 aromatic carbocycles. The fraction of sp³-hybridized carbons (Fsp3) is 0.706. The Balaban J connectivity index is 1.94. The standard InChI is InChI=1S/C17H25ClN2O4S2/c1-3-11-20(16(21)24-2)17-9-4-5-12(8-10-17)15(17)19-26(22,23)14-7-6-13(18)25-14/h6-7,12,15,19H,3-5,8-11H2,1-2H3/t12-,15-,17-/m0/s1. The number of nitrogens with zero attached hydrogens (tertiary/aromatic N) is 1. The van der Waals surface area contributed by atoms with E-state index < -0.39 is 15.6 Å². The number of carbonyl (C=O) groups is 1. The van der Waals surface area contributed by atoms with Gasteiger partial charge in [0.2, 0.25) is 10.0 Å². The second-order valence-corrected chi connectivity index (χ2v) is 10.7. The van der Waals surface area contributed by atoms with E-state index in [1.807, 2.05) is 6.92 Å². The van der Waals surface area contributed by atoms with Crippen molar-refractivity contribution >= 4 is 39.1 Å². The van der Waals surface area contributed by atoms with Gasteiger partial charge in [-0.15, -0.1) is 11.3 Å². The van der Waals surface area contributed by atoms with Crippen LogP contribution in [0.4, 0.5) is 4.79 Å². The van der Waals surface area contributed by atoms with Gasteiger partial charge in [0.1, 0.15) is 4.21 Å². The van der Waals surface area contributed by atoms with Gasteiger partial charge in [-0.2, -0.15) is 0 Å². The van der Waals surface area contributed by atoms with Crippen LogP contribution >= 0.6 is 22.9 Å². The van der Waals surface area contributed by atoms with Crippen LogP contribution in [-0.4, -0.2) is 44.6 Å². The van der Waals surface area contributed by atoms with Gasteiger partial charge in [0, 0.05) is 12.6 Å². The largest absolute Gasteiger partial charge is 0.453 e. The molecule has 2 aliphatic rings. The maximum Gasteiger partial charge on any atom is 0.409 e. The second kappa shape index (κ2) is 7.66. The van der Waals surface area contributed by atoms with Crippen molar-refractivity contribution < 1.29 is 17.9 Å². The molecule has 1 N–H and O–H groups in total. The van der Waals surface area contributed by atoms with Gasteiger partial charge in [-0.1, -0.05) is 24.9 Å². The molecule has 3 atom stereocenters. The van der Waals surface area contributed by atoms with Crippen LogP contribution in [0.15, 0.2) is 16.3 Å². The van der Waals surface area contributed by atoms with Crippen LogP contribution in [0.1, 0.15) is 45.4 Å². The minimum absolute atomic E-state index is 0.211. The first kappa shape index (κ1) is 19.9. The first-order valence-electron chi connectivity index (χ1n) is 8.97. The van der Waals surface area contributed by atoms with E-state index in [2.05, 4.69) is 4.72 Å². The topological polar surface area (TPSA) is 75.7 Å². The van der Waals surface area contributed by atoms with E-state index in [4.69, 9.17) is 16.3 Å². The molecule has 2 bridgehead atoms. The number of thiophene rings is 1. The number of ether oxygens (including phenoxy) is 1. The smallest absolute Gasteiger partial charge is 0.409 e. The summed E-state index contributed by atoms with van der Waals surface area (Å²) in [5.41, 5.74) is -0.514. The number of hydrogen-bond acceptors (Lipinski definition) is 5. The van der Waals surface area contributed by atoms with E-state index in [0.717, 1.165) is 49.9 Å². The predicted octanol–water partition coefficient (Wildman–Crippen LogP) is 3.86. The lowest BCUT2D eigenvalue weighted by Gasteiger charge is -2.48. The molecule has 0 radical (unpaired) electrons. The summed E-state index contributed by atoms with van der Waals surface area (Å²) in [7, 11) is -2.30. The minimum Gasteiger partial charge on any atom is -0.453 e. The van der Waals surface area contributed by atoms with Gasteiger partial charge in [0.15, 0.2) is 0 Å². The number of carbonyl (C=O) groups excluding carboxylic acids is 1. The lowest BCUT2D eigenvalue weighted by atomic mass is 9.77. The van der Waals surface area contributed by atoms with Gasteiger partial charge in [0.25, 0.3) is 0 Å². The first-order valence-corrected chi connectivity index (χ1v) is 11.6. The molecule has 1 aromatic rings. The molecule has 0 unspecified atom stereocenters. The van der Waals surface area contributed by atoms with Gasteiger partial charge in [-0.3, -0.25) is 0 Å². The van der Waals surface area contributed by atoms with Crippen molar-refractivity contribution in [2.24, 2.45) is 5.92 Å². The number of methoxy groups -OCH3 is 1. The van der Waals surface area contributed by atoms with Gasteiger partial charge in [-0.05, 0) is 50.2 Å². The number of halogens is 1. The summed E-state index contributed by atoms with van der Waals surface area (Å²) in [6.45, 7) is 2.57.